The third-order valence-electron chi connectivity index (χ3n) is 1.68. The molecule has 0 rings (SSSR count). The summed E-state index contributed by atoms with van der Waals surface area (Å²) in [5, 5.41) is 0. The molecule has 0 unspecified atom stereocenters. The van der Waals surface area contributed by atoms with E-state index in [0.717, 1.165) is 6.42 Å². The predicted molar refractivity (Wildman–Crippen MR) is 46.1 cm³/mol. The van der Waals surface area contributed by atoms with Crippen molar-refractivity contribution >= 4 is 6.98 Å². The van der Waals surface area contributed by atoms with Crippen molar-refractivity contribution < 1.29 is 64.3 Å². The van der Waals surface area contributed by atoms with E-state index in [1.165, 1.54) is 4.90 Å². The van der Waals surface area contributed by atoms with Crippen LogP contribution in [0.5, 0.6) is 0 Å². The molecule has 0 aromatic heterocycles. The van der Waals surface area contributed by atoms with Crippen LogP contribution in [0.4, 0.5) is 12.9 Å². The van der Waals surface area contributed by atoms with Crippen molar-refractivity contribution in [3.05, 3.63) is 0 Å². The number of nitrogens with zero attached hydrogens (tertiary/aromatic N) is 1. The molecule has 0 spiro atoms. The van der Waals surface area contributed by atoms with Gasteiger partial charge in [-0.25, -0.2) is 0 Å². The quantitative estimate of drug-likeness (QED) is 0.565. The second-order valence-corrected chi connectivity index (χ2v) is 3.30. The minimum absolute atomic E-state index is 0. The van der Waals surface area contributed by atoms with Crippen LogP contribution < -0.4 is 51.4 Å². The van der Waals surface area contributed by atoms with Crippen molar-refractivity contribution in [3.63, 3.8) is 0 Å². The fraction of sp³-hybridized carbons (Fsp3) is 1.00. The van der Waals surface area contributed by atoms with Gasteiger partial charge in [0.05, 0.1) is 0 Å². The molecule has 0 amide bonds. The van der Waals surface area contributed by atoms with Crippen LogP contribution in [0.2, 0.25) is 0 Å². The summed E-state index contributed by atoms with van der Waals surface area (Å²) in [6.45, 7) is 1.33. The van der Waals surface area contributed by atoms with Gasteiger partial charge in [0.25, 0.3) is 0 Å². The molecular formula is C7H16BF3KN. The van der Waals surface area contributed by atoms with Gasteiger partial charge in [0.15, 0.2) is 0 Å². The Kier molecular flexibility index (Phi) is 10.00. The fourth-order valence-electron chi connectivity index (χ4n) is 1.11. The monoisotopic (exact) mass is 221 g/mol. The zero-order chi connectivity index (χ0) is 9.78. The molecule has 0 bridgehead atoms. The molecule has 0 saturated heterocycles. The molecule has 0 aliphatic rings. The zero-order valence-electron chi connectivity index (χ0n) is 8.86. The summed E-state index contributed by atoms with van der Waals surface area (Å²) < 4.78 is 36.0. The second-order valence-electron chi connectivity index (χ2n) is 3.30. The van der Waals surface area contributed by atoms with Crippen LogP contribution in [-0.4, -0.2) is 30.9 Å². The number of halogens is 3. The molecule has 0 heterocycles. The first-order chi connectivity index (χ1) is 5.37. The van der Waals surface area contributed by atoms with E-state index in [4.69, 9.17) is 0 Å². The van der Waals surface area contributed by atoms with Crippen molar-refractivity contribution in [1.29, 1.82) is 0 Å². The van der Waals surface area contributed by atoms with Gasteiger partial charge >= 0.3 is 58.4 Å². The molecular weight excluding hydrogens is 205 g/mol. The minimum atomic E-state index is -4.67. The molecule has 0 atom stereocenters. The van der Waals surface area contributed by atoms with Crippen molar-refractivity contribution in [2.45, 2.75) is 33.2 Å². The summed E-state index contributed by atoms with van der Waals surface area (Å²) in [5.41, 5.74) is 0. The molecule has 0 aliphatic heterocycles. The maximum Gasteiger partial charge on any atom is 1.00 e. The molecule has 74 valence electrons. The van der Waals surface area contributed by atoms with Gasteiger partial charge in [-0.15, -0.1) is 0 Å². The van der Waals surface area contributed by atoms with Gasteiger partial charge in [0.2, 0.25) is 0 Å². The van der Waals surface area contributed by atoms with E-state index >= 15 is 0 Å². The number of hydrogen-bond acceptors (Lipinski definition) is 1. The average Bonchev–Trinajstić information content (AvgIpc) is 1.83. The van der Waals surface area contributed by atoms with Gasteiger partial charge in [-0.1, -0.05) is 6.92 Å². The molecule has 13 heavy (non-hydrogen) atoms. The SMILES string of the molecule is CCCN(C[B-](F)(F)F)C(C)C.[K+]. The van der Waals surface area contributed by atoms with Crippen LogP contribution >= 0.6 is 0 Å². The van der Waals surface area contributed by atoms with Crippen LogP contribution in [0.15, 0.2) is 0 Å². The van der Waals surface area contributed by atoms with Gasteiger partial charge in [-0.3, -0.25) is 0 Å². The predicted octanol–water partition coefficient (Wildman–Crippen LogP) is -0.503. The molecule has 0 N–H and O–H groups in total. The Morgan fingerprint density at radius 3 is 1.92 bits per heavy atom. The Hall–Kier alpha value is 1.45. The maximum atomic E-state index is 12.0. The molecule has 0 saturated carbocycles. The van der Waals surface area contributed by atoms with Crippen LogP contribution in [-0.2, 0) is 0 Å². The average molecular weight is 221 g/mol. The van der Waals surface area contributed by atoms with Gasteiger partial charge < -0.3 is 17.8 Å². The summed E-state index contributed by atoms with van der Waals surface area (Å²) >= 11 is 0. The minimum Gasteiger partial charge on any atom is -0.448 e. The molecule has 6 heteroatoms. The molecule has 0 radical (unpaired) electrons. The first-order valence-electron chi connectivity index (χ1n) is 4.32. The maximum absolute atomic E-state index is 12.0. The Bertz CT molecular complexity index is 129. The third kappa shape index (κ3) is 9.75. The summed E-state index contributed by atoms with van der Waals surface area (Å²) in [4.78, 5) is 1.46. The second kappa shape index (κ2) is 7.71. The van der Waals surface area contributed by atoms with Crippen LogP contribution in [0.3, 0.4) is 0 Å². The number of hydrogen-bond donors (Lipinski definition) is 0. The van der Waals surface area contributed by atoms with E-state index in [1.54, 1.807) is 13.8 Å². The Morgan fingerprint density at radius 1 is 1.23 bits per heavy atom. The van der Waals surface area contributed by atoms with Gasteiger partial charge in [-0.05, 0) is 33.3 Å². The zero-order valence-corrected chi connectivity index (χ0v) is 12.0. The first-order valence-corrected chi connectivity index (χ1v) is 4.32. The smallest absolute Gasteiger partial charge is 0.448 e. The van der Waals surface area contributed by atoms with Crippen LogP contribution in [0.25, 0.3) is 0 Å². The van der Waals surface area contributed by atoms with E-state index in [9.17, 15) is 12.9 Å². The van der Waals surface area contributed by atoms with E-state index in [1.807, 2.05) is 6.92 Å². The van der Waals surface area contributed by atoms with E-state index < -0.39 is 13.4 Å². The summed E-state index contributed by atoms with van der Waals surface area (Å²) in [6, 6.07) is -0.0200. The fourth-order valence-corrected chi connectivity index (χ4v) is 1.11. The first kappa shape index (κ1) is 16.9. The van der Waals surface area contributed by atoms with E-state index in [0.29, 0.717) is 6.54 Å². The van der Waals surface area contributed by atoms with Crippen molar-refractivity contribution in [2.75, 3.05) is 13.0 Å². The summed E-state index contributed by atoms with van der Waals surface area (Å²) in [6.07, 6.45) is 0.0375. The third-order valence-corrected chi connectivity index (χ3v) is 1.68. The Balaban J connectivity index is 0. The van der Waals surface area contributed by atoms with Crippen LogP contribution in [0, 0.1) is 0 Å². The van der Waals surface area contributed by atoms with E-state index in [2.05, 4.69) is 0 Å². The van der Waals surface area contributed by atoms with Crippen molar-refractivity contribution in [2.24, 2.45) is 0 Å². The Morgan fingerprint density at radius 2 is 1.69 bits per heavy atom. The normalized spacial score (nSPS) is 12.0. The molecule has 1 nitrogen and oxygen atoms in total. The standard InChI is InChI=1S/C7H16BF3N.K/c1-4-5-12(7(2)3)6-8(9,10)11;/h7H,4-6H2,1-3H3;/q-1;+1. The van der Waals surface area contributed by atoms with Crippen LogP contribution in [0.1, 0.15) is 27.2 Å². The molecule has 0 aromatic rings. The molecule has 0 aliphatic carbocycles. The number of rotatable bonds is 5. The van der Waals surface area contributed by atoms with E-state index in [-0.39, 0.29) is 57.4 Å². The largest absolute Gasteiger partial charge is 1.00 e. The summed E-state index contributed by atoms with van der Waals surface area (Å²) in [5.74, 6) is 0. The Labute approximate surface area is 121 Å². The van der Waals surface area contributed by atoms with Gasteiger partial charge in [-0.2, -0.15) is 0 Å². The molecule has 0 aromatic carbocycles. The van der Waals surface area contributed by atoms with Gasteiger partial charge in [0, 0.05) is 6.04 Å². The van der Waals surface area contributed by atoms with Crippen molar-refractivity contribution in [3.8, 4) is 0 Å². The van der Waals surface area contributed by atoms with Gasteiger partial charge in [0.1, 0.15) is 0 Å². The topological polar surface area (TPSA) is 3.24 Å². The summed E-state index contributed by atoms with van der Waals surface area (Å²) in [7, 11) is 0. The van der Waals surface area contributed by atoms with Crippen molar-refractivity contribution in [1.82, 2.24) is 4.90 Å². The molecule has 0 fully saturated rings.